The highest BCUT2D eigenvalue weighted by Crippen LogP contribution is 2.29. The Morgan fingerprint density at radius 2 is 1.48 bits per heavy atom. The molecule has 2 aromatic carbocycles. The van der Waals surface area contributed by atoms with E-state index in [1.54, 1.807) is 72.8 Å². The van der Waals surface area contributed by atoms with Crippen LogP contribution in [0.4, 0.5) is 21.0 Å². The number of hydrogen-bond acceptors (Lipinski definition) is 10. The van der Waals surface area contributed by atoms with Crippen molar-refractivity contribution >= 4 is 34.6 Å². The summed E-state index contributed by atoms with van der Waals surface area (Å²) in [6.45, 7) is 11.0. The Kier molecular flexibility index (Phi) is 9.61. The fraction of sp³-hybridized carbons (Fsp3) is 0.406. The van der Waals surface area contributed by atoms with Gasteiger partial charge in [0.05, 0.1) is 43.3 Å². The number of methoxy groups -OCH3 is 2. The summed E-state index contributed by atoms with van der Waals surface area (Å²) in [6, 6.07) is 11.3. The second-order valence-corrected chi connectivity index (χ2v) is 12.1. The summed E-state index contributed by atoms with van der Waals surface area (Å²) >= 11 is 0. The van der Waals surface area contributed by atoms with Gasteiger partial charge in [0.15, 0.2) is 0 Å². The second kappa shape index (κ2) is 13.2. The molecule has 44 heavy (non-hydrogen) atoms. The molecule has 0 spiro atoms. The molecule has 12 nitrogen and oxygen atoms in total. The van der Waals surface area contributed by atoms with E-state index in [0.717, 1.165) is 27.4 Å². The molecule has 4 rings (SSSR count). The fourth-order valence-electron chi connectivity index (χ4n) is 4.17. The lowest BCUT2D eigenvalue weighted by Crippen LogP contribution is -2.44. The minimum Gasteiger partial charge on any atom is -0.497 e. The predicted octanol–water partition coefficient (Wildman–Crippen LogP) is 6.82. The van der Waals surface area contributed by atoms with Gasteiger partial charge in [-0.2, -0.15) is 5.10 Å². The van der Waals surface area contributed by atoms with Crippen LogP contribution in [0.2, 0.25) is 0 Å². The van der Waals surface area contributed by atoms with E-state index >= 15 is 0 Å². The first-order valence-electron chi connectivity index (χ1n) is 14.3. The number of hydrogen-bond donors (Lipinski definition) is 1. The molecule has 0 aliphatic carbocycles. The largest absolute Gasteiger partial charge is 0.497 e. The predicted molar refractivity (Wildman–Crippen MR) is 167 cm³/mol. The topological polar surface area (TPSA) is 130 Å². The van der Waals surface area contributed by atoms with Crippen LogP contribution in [-0.4, -0.2) is 68.8 Å². The highest BCUT2D eigenvalue weighted by Gasteiger charge is 2.30. The average molecular weight is 605 g/mol. The zero-order chi connectivity index (χ0) is 32.1. The summed E-state index contributed by atoms with van der Waals surface area (Å²) in [5.74, 6) is 1.35. The molecule has 234 valence electrons. The van der Waals surface area contributed by atoms with Gasteiger partial charge in [-0.05, 0) is 66.2 Å². The number of carbonyl (C=O) groups excluding carboxylic acids is 2. The maximum absolute atomic E-state index is 12.8. The van der Waals surface area contributed by atoms with Gasteiger partial charge < -0.3 is 24.3 Å². The number of nitrogens with zero attached hydrogens (tertiary/aromatic N) is 5. The van der Waals surface area contributed by atoms with Crippen molar-refractivity contribution in [1.82, 2.24) is 24.6 Å². The summed E-state index contributed by atoms with van der Waals surface area (Å²) in [5, 5.41) is 7.81. The number of aromatic nitrogens is 4. The molecule has 0 fully saturated rings. The van der Waals surface area contributed by atoms with Gasteiger partial charge in [0, 0.05) is 54.4 Å². The number of aryl methyl sites for hydroxylation is 1. The van der Waals surface area contributed by atoms with Crippen LogP contribution in [0, 0.1) is 0 Å². The number of anilines is 2. The van der Waals surface area contributed by atoms with E-state index in [9.17, 15) is 9.59 Å². The third-order valence-corrected chi connectivity index (χ3v) is 6.11. The first kappa shape index (κ1) is 32.1. The molecule has 2 amide bonds. The molecule has 0 bridgehead atoms. The van der Waals surface area contributed by atoms with Gasteiger partial charge in [0.1, 0.15) is 22.7 Å². The van der Waals surface area contributed by atoms with Crippen LogP contribution in [-0.2, 0) is 16.0 Å². The molecule has 0 aliphatic heterocycles. The summed E-state index contributed by atoms with van der Waals surface area (Å²) in [6.07, 6.45) is 4.20. The molecule has 1 N–H and O–H groups in total. The Morgan fingerprint density at radius 3 is 2.07 bits per heavy atom. The van der Waals surface area contributed by atoms with E-state index in [-0.39, 0.29) is 6.54 Å². The van der Waals surface area contributed by atoms with Crippen molar-refractivity contribution in [3.05, 3.63) is 55.0 Å². The standard InChI is InChI=1S/C32H40N6O6/c1-31(2,3)43-29(39)38(30(40)44-32(4,5)6)13-9-12-37-20-21(18-34-37)28-19-33-26-11-10-22(16-27(26)36-28)35-23-14-24(41-7)17-25(15-23)42-8/h10-11,14-20,35H,9,12-13H2,1-8H3. The van der Waals surface area contributed by atoms with Gasteiger partial charge in [-0.1, -0.05) is 0 Å². The molecule has 4 aromatic rings. The van der Waals surface area contributed by atoms with Gasteiger partial charge in [0.2, 0.25) is 0 Å². The maximum atomic E-state index is 12.8. The molecule has 0 radical (unpaired) electrons. The summed E-state index contributed by atoms with van der Waals surface area (Å²) in [7, 11) is 3.22. The zero-order valence-electron chi connectivity index (χ0n) is 26.5. The van der Waals surface area contributed by atoms with Crippen molar-refractivity contribution in [1.29, 1.82) is 0 Å². The fourth-order valence-corrected chi connectivity index (χ4v) is 4.17. The number of benzene rings is 2. The van der Waals surface area contributed by atoms with Crippen LogP contribution < -0.4 is 14.8 Å². The molecule has 0 saturated heterocycles. The number of imide groups is 1. The number of fused-ring (bicyclic) bond motifs is 1. The Labute approximate surface area is 257 Å². The number of ether oxygens (including phenoxy) is 4. The number of carbonyl (C=O) groups is 2. The van der Waals surface area contributed by atoms with Crippen molar-refractivity contribution in [3.63, 3.8) is 0 Å². The molecule has 12 heteroatoms. The van der Waals surface area contributed by atoms with E-state index in [1.807, 2.05) is 42.6 Å². The smallest absolute Gasteiger partial charge is 0.419 e. The van der Waals surface area contributed by atoms with Crippen LogP contribution in [0.5, 0.6) is 11.5 Å². The lowest BCUT2D eigenvalue weighted by atomic mass is 10.2. The Hall–Kier alpha value is -4.87. The van der Waals surface area contributed by atoms with E-state index in [4.69, 9.17) is 23.9 Å². The molecule has 0 atom stereocenters. The van der Waals surface area contributed by atoms with Crippen molar-refractivity contribution in [2.24, 2.45) is 0 Å². The first-order chi connectivity index (χ1) is 20.7. The summed E-state index contributed by atoms with van der Waals surface area (Å²) in [4.78, 5) is 35.9. The lowest BCUT2D eigenvalue weighted by molar-refractivity contribution is 0.00105. The molecular weight excluding hydrogens is 564 g/mol. The van der Waals surface area contributed by atoms with Crippen molar-refractivity contribution < 1.29 is 28.5 Å². The number of amides is 2. The number of nitrogens with one attached hydrogen (secondary N) is 1. The van der Waals surface area contributed by atoms with Gasteiger partial charge in [-0.25, -0.2) is 19.5 Å². The highest BCUT2D eigenvalue weighted by molar-refractivity contribution is 5.88. The molecule has 2 heterocycles. The Morgan fingerprint density at radius 1 is 0.841 bits per heavy atom. The van der Waals surface area contributed by atoms with Crippen LogP contribution in [0.15, 0.2) is 55.0 Å². The monoisotopic (exact) mass is 604 g/mol. The summed E-state index contributed by atoms with van der Waals surface area (Å²) < 4.78 is 23.3. The third-order valence-electron chi connectivity index (χ3n) is 6.11. The lowest BCUT2D eigenvalue weighted by Gasteiger charge is -2.28. The SMILES string of the molecule is COc1cc(Nc2ccc3ncc(-c4cnn(CCCN(C(=O)OC(C)(C)C)C(=O)OC(C)(C)C)c4)nc3c2)cc(OC)c1. The average Bonchev–Trinajstić information content (AvgIpc) is 3.41. The second-order valence-electron chi connectivity index (χ2n) is 12.1. The Bertz CT molecular complexity index is 1570. The van der Waals surface area contributed by atoms with Crippen molar-refractivity contribution in [2.75, 3.05) is 26.1 Å². The van der Waals surface area contributed by atoms with Crippen molar-refractivity contribution in [2.45, 2.75) is 65.7 Å². The molecule has 0 saturated carbocycles. The van der Waals surface area contributed by atoms with E-state index in [2.05, 4.69) is 15.4 Å². The summed E-state index contributed by atoms with van der Waals surface area (Å²) in [5.41, 5.74) is 3.03. The maximum Gasteiger partial charge on any atom is 0.419 e. The van der Waals surface area contributed by atoms with Gasteiger partial charge >= 0.3 is 12.2 Å². The van der Waals surface area contributed by atoms with Crippen LogP contribution in [0.25, 0.3) is 22.3 Å². The minimum absolute atomic E-state index is 0.101. The van der Waals surface area contributed by atoms with Gasteiger partial charge in [0.25, 0.3) is 0 Å². The van der Waals surface area contributed by atoms with Crippen molar-refractivity contribution in [3.8, 4) is 22.8 Å². The molecule has 0 unspecified atom stereocenters. The zero-order valence-corrected chi connectivity index (χ0v) is 26.5. The Balaban J connectivity index is 1.45. The van der Waals surface area contributed by atoms with E-state index in [0.29, 0.717) is 35.7 Å². The normalized spacial score (nSPS) is 11.6. The van der Waals surface area contributed by atoms with Crippen LogP contribution in [0.3, 0.4) is 0 Å². The van der Waals surface area contributed by atoms with Crippen LogP contribution >= 0.6 is 0 Å². The molecule has 2 aromatic heterocycles. The van der Waals surface area contributed by atoms with E-state index in [1.165, 1.54) is 0 Å². The van der Waals surface area contributed by atoms with Gasteiger partial charge in [-0.3, -0.25) is 9.67 Å². The highest BCUT2D eigenvalue weighted by atomic mass is 16.6. The molecular formula is C32H40N6O6. The quantitative estimate of drug-likeness (QED) is 0.217. The van der Waals surface area contributed by atoms with Crippen LogP contribution in [0.1, 0.15) is 48.0 Å². The first-order valence-corrected chi connectivity index (χ1v) is 14.3. The van der Waals surface area contributed by atoms with E-state index < -0.39 is 23.4 Å². The minimum atomic E-state index is -0.755. The molecule has 0 aliphatic rings. The van der Waals surface area contributed by atoms with Gasteiger partial charge in [-0.15, -0.1) is 0 Å². The number of rotatable bonds is 9. The third kappa shape index (κ3) is 8.82.